The van der Waals surface area contributed by atoms with Crippen LogP contribution in [0.4, 0.5) is 8.78 Å². The summed E-state index contributed by atoms with van der Waals surface area (Å²) in [6.07, 6.45) is 0.0272. The second-order valence-electron chi connectivity index (χ2n) is 4.30. The summed E-state index contributed by atoms with van der Waals surface area (Å²) in [5.41, 5.74) is -0.833. The van der Waals surface area contributed by atoms with E-state index in [1.54, 1.807) is 0 Å². The van der Waals surface area contributed by atoms with Gasteiger partial charge in [-0.3, -0.25) is 9.59 Å². The van der Waals surface area contributed by atoms with Crippen LogP contribution in [0.2, 0.25) is 0 Å². The molecule has 0 bridgehead atoms. The van der Waals surface area contributed by atoms with Crippen LogP contribution in [0.15, 0.2) is 41.3 Å². The Morgan fingerprint density at radius 2 is 2.10 bits per heavy atom. The Balaban J connectivity index is 2.04. The zero-order valence-electron chi connectivity index (χ0n) is 10.8. The van der Waals surface area contributed by atoms with Crippen LogP contribution in [0.5, 0.6) is 0 Å². The van der Waals surface area contributed by atoms with Crippen molar-refractivity contribution in [3.05, 3.63) is 69.6 Å². The fraction of sp³-hybridized carbons (Fsp3) is 0.143. The van der Waals surface area contributed by atoms with Gasteiger partial charge in [-0.25, -0.2) is 8.78 Å². The van der Waals surface area contributed by atoms with E-state index in [0.29, 0.717) is 6.07 Å². The standard InChI is InChI=1S/C14H12F2N2O3/c15-8-3-4-9(11(16)6-8)12(19)7-18-14(21)10-2-1-5-17-13(10)20/h1-6,12,19H,7H2,(H,17,20)(H,18,21)/t12-/m1/s1. The van der Waals surface area contributed by atoms with Crippen molar-refractivity contribution in [2.45, 2.75) is 6.10 Å². The summed E-state index contributed by atoms with van der Waals surface area (Å²) >= 11 is 0. The van der Waals surface area contributed by atoms with Gasteiger partial charge in [0, 0.05) is 24.4 Å². The van der Waals surface area contributed by atoms with Crippen molar-refractivity contribution >= 4 is 5.91 Å². The van der Waals surface area contributed by atoms with Gasteiger partial charge in [0.15, 0.2) is 0 Å². The van der Waals surface area contributed by atoms with Gasteiger partial charge in [-0.05, 0) is 18.2 Å². The molecule has 2 aromatic rings. The number of pyridine rings is 1. The molecule has 1 aromatic carbocycles. The SMILES string of the molecule is O=C(NC[C@@H](O)c1ccc(F)cc1F)c1ccc[nH]c1=O. The zero-order valence-corrected chi connectivity index (χ0v) is 10.8. The number of rotatable bonds is 4. The Hall–Kier alpha value is -2.54. The van der Waals surface area contributed by atoms with Crippen molar-refractivity contribution in [1.82, 2.24) is 10.3 Å². The van der Waals surface area contributed by atoms with Crippen LogP contribution in [-0.4, -0.2) is 22.5 Å². The van der Waals surface area contributed by atoms with Gasteiger partial charge in [0.25, 0.3) is 11.5 Å². The van der Waals surface area contributed by atoms with Crippen molar-refractivity contribution in [3.63, 3.8) is 0 Å². The van der Waals surface area contributed by atoms with E-state index in [-0.39, 0.29) is 17.7 Å². The molecule has 3 N–H and O–H groups in total. The first kappa shape index (κ1) is 14.9. The maximum Gasteiger partial charge on any atom is 0.260 e. The molecule has 1 aromatic heterocycles. The maximum absolute atomic E-state index is 13.4. The van der Waals surface area contributed by atoms with Gasteiger partial charge in [-0.1, -0.05) is 6.07 Å². The van der Waals surface area contributed by atoms with Crippen LogP contribution in [-0.2, 0) is 0 Å². The van der Waals surface area contributed by atoms with Crippen LogP contribution in [0.3, 0.4) is 0 Å². The molecule has 1 atom stereocenters. The Kier molecular flexibility index (Phi) is 4.44. The molecule has 1 heterocycles. The molecular weight excluding hydrogens is 282 g/mol. The maximum atomic E-state index is 13.4. The normalized spacial score (nSPS) is 12.0. The minimum absolute atomic E-state index is 0.121. The van der Waals surface area contributed by atoms with E-state index in [4.69, 9.17) is 0 Å². The molecule has 1 amide bonds. The van der Waals surface area contributed by atoms with Gasteiger partial charge in [-0.15, -0.1) is 0 Å². The molecule has 0 unspecified atom stereocenters. The molecule has 0 fully saturated rings. The Morgan fingerprint density at radius 1 is 1.33 bits per heavy atom. The predicted octanol–water partition coefficient (Wildman–Crippen LogP) is 1.12. The first-order valence-corrected chi connectivity index (χ1v) is 6.08. The summed E-state index contributed by atoms with van der Waals surface area (Å²) in [6, 6.07) is 5.54. The molecule has 110 valence electrons. The topological polar surface area (TPSA) is 82.2 Å². The fourth-order valence-electron chi connectivity index (χ4n) is 1.77. The summed E-state index contributed by atoms with van der Waals surface area (Å²) in [5.74, 6) is -2.36. The number of aromatic nitrogens is 1. The average Bonchev–Trinajstić information content (AvgIpc) is 2.45. The molecule has 0 saturated carbocycles. The highest BCUT2D eigenvalue weighted by molar-refractivity contribution is 5.93. The molecule has 7 heteroatoms. The van der Waals surface area contributed by atoms with E-state index >= 15 is 0 Å². The third kappa shape index (κ3) is 3.51. The lowest BCUT2D eigenvalue weighted by Crippen LogP contribution is -2.32. The molecule has 0 aliphatic heterocycles. The summed E-state index contributed by atoms with van der Waals surface area (Å²) in [4.78, 5) is 25.5. The highest BCUT2D eigenvalue weighted by atomic mass is 19.1. The minimum Gasteiger partial charge on any atom is -0.386 e. The Morgan fingerprint density at radius 3 is 2.76 bits per heavy atom. The molecule has 0 aliphatic carbocycles. The van der Waals surface area contributed by atoms with E-state index < -0.39 is 29.2 Å². The van der Waals surface area contributed by atoms with Crippen LogP contribution in [0.25, 0.3) is 0 Å². The molecule has 0 aliphatic rings. The van der Waals surface area contributed by atoms with Crippen molar-refractivity contribution in [3.8, 4) is 0 Å². The molecule has 21 heavy (non-hydrogen) atoms. The number of aromatic amines is 1. The van der Waals surface area contributed by atoms with Gasteiger partial charge >= 0.3 is 0 Å². The highest BCUT2D eigenvalue weighted by Gasteiger charge is 2.16. The van der Waals surface area contributed by atoms with E-state index in [2.05, 4.69) is 10.3 Å². The number of H-pyrrole nitrogens is 1. The summed E-state index contributed by atoms with van der Waals surface area (Å²) < 4.78 is 26.2. The third-order valence-electron chi connectivity index (χ3n) is 2.84. The van der Waals surface area contributed by atoms with E-state index in [0.717, 1.165) is 12.1 Å². The zero-order chi connectivity index (χ0) is 15.4. The number of nitrogens with one attached hydrogen (secondary N) is 2. The smallest absolute Gasteiger partial charge is 0.260 e. The third-order valence-corrected chi connectivity index (χ3v) is 2.84. The number of aliphatic hydroxyl groups excluding tert-OH is 1. The van der Waals surface area contributed by atoms with Gasteiger partial charge < -0.3 is 15.4 Å². The number of carbonyl (C=O) groups is 1. The first-order valence-electron chi connectivity index (χ1n) is 6.08. The van der Waals surface area contributed by atoms with Crippen LogP contribution >= 0.6 is 0 Å². The van der Waals surface area contributed by atoms with Crippen LogP contribution in [0, 0.1) is 11.6 Å². The summed E-state index contributed by atoms with van der Waals surface area (Å²) in [7, 11) is 0. The number of halogens is 2. The highest BCUT2D eigenvalue weighted by Crippen LogP contribution is 2.17. The molecule has 0 radical (unpaired) electrons. The van der Waals surface area contributed by atoms with E-state index in [9.17, 15) is 23.5 Å². The lowest BCUT2D eigenvalue weighted by atomic mass is 10.1. The van der Waals surface area contributed by atoms with Gasteiger partial charge in [0.1, 0.15) is 17.2 Å². The first-order chi connectivity index (χ1) is 9.99. The van der Waals surface area contributed by atoms with E-state index in [1.165, 1.54) is 18.3 Å². The molecule has 2 rings (SSSR count). The molecular formula is C14H12F2N2O3. The molecule has 0 saturated heterocycles. The van der Waals surface area contributed by atoms with Crippen molar-refractivity contribution in [2.75, 3.05) is 6.54 Å². The number of hydrogen-bond donors (Lipinski definition) is 3. The van der Waals surface area contributed by atoms with Crippen molar-refractivity contribution < 1.29 is 18.7 Å². The lowest BCUT2D eigenvalue weighted by Gasteiger charge is -2.13. The fourth-order valence-corrected chi connectivity index (χ4v) is 1.77. The van der Waals surface area contributed by atoms with Crippen molar-refractivity contribution in [1.29, 1.82) is 0 Å². The van der Waals surface area contributed by atoms with Crippen LogP contribution < -0.4 is 10.9 Å². The van der Waals surface area contributed by atoms with Gasteiger partial charge in [0.2, 0.25) is 0 Å². The lowest BCUT2D eigenvalue weighted by molar-refractivity contribution is 0.0912. The summed E-state index contributed by atoms with van der Waals surface area (Å²) in [6.45, 7) is -0.310. The quantitative estimate of drug-likeness (QED) is 0.790. The monoisotopic (exact) mass is 294 g/mol. The second-order valence-corrected chi connectivity index (χ2v) is 4.30. The van der Waals surface area contributed by atoms with Gasteiger partial charge in [-0.2, -0.15) is 0 Å². The Labute approximate surface area is 118 Å². The van der Waals surface area contributed by atoms with E-state index in [1.807, 2.05) is 0 Å². The largest absolute Gasteiger partial charge is 0.386 e. The molecule has 0 spiro atoms. The Bertz CT molecular complexity index is 715. The number of amides is 1. The average molecular weight is 294 g/mol. The molecule has 5 nitrogen and oxygen atoms in total. The predicted molar refractivity (Wildman–Crippen MR) is 70.7 cm³/mol. The number of hydrogen-bond acceptors (Lipinski definition) is 3. The van der Waals surface area contributed by atoms with Crippen molar-refractivity contribution in [2.24, 2.45) is 0 Å². The number of aliphatic hydroxyl groups is 1. The summed E-state index contributed by atoms with van der Waals surface area (Å²) in [5, 5.41) is 12.1. The number of carbonyl (C=O) groups excluding carboxylic acids is 1. The second kappa shape index (κ2) is 6.27. The minimum atomic E-state index is -1.35. The van der Waals surface area contributed by atoms with Gasteiger partial charge in [0.05, 0.1) is 6.10 Å². The number of benzene rings is 1. The van der Waals surface area contributed by atoms with Crippen LogP contribution in [0.1, 0.15) is 22.0 Å².